The molecule has 4 rings (SSSR count). The molecule has 3 amide bonds. The number of rotatable bonds is 4. The van der Waals surface area contributed by atoms with E-state index in [0.717, 1.165) is 4.90 Å². The molecule has 0 aromatic heterocycles. The van der Waals surface area contributed by atoms with Crippen LogP contribution < -0.4 is 0 Å². The Bertz CT molecular complexity index is 1260. The highest BCUT2D eigenvalue weighted by Crippen LogP contribution is 2.38. The molecule has 0 radical (unpaired) electrons. The lowest BCUT2D eigenvalue weighted by atomic mass is 9.88. The molecule has 0 spiro atoms. The van der Waals surface area contributed by atoms with Crippen molar-refractivity contribution in [2.45, 2.75) is 50.7 Å². The zero-order valence-corrected chi connectivity index (χ0v) is 22.8. The second-order valence-electron chi connectivity index (χ2n) is 10.7. The summed E-state index contributed by atoms with van der Waals surface area (Å²) in [6.07, 6.45) is -9.08. The molecule has 224 valence electrons. The Kier molecular flexibility index (Phi) is 8.58. The van der Waals surface area contributed by atoms with Crippen molar-refractivity contribution < 1.29 is 40.3 Å². The summed E-state index contributed by atoms with van der Waals surface area (Å²) in [5.41, 5.74) is -1.95. The molecule has 2 aromatic carbocycles. The fraction of sp³-hybridized carbons (Fsp3) is 0.500. The monoisotopic (exact) mass is 588 g/mol. The lowest BCUT2D eigenvalue weighted by Crippen LogP contribution is -2.56. The fourth-order valence-corrected chi connectivity index (χ4v) is 5.57. The smallest absolute Gasteiger partial charge is 0.343 e. The highest BCUT2D eigenvalue weighted by Gasteiger charge is 2.40. The summed E-state index contributed by atoms with van der Waals surface area (Å²) in [6.45, 7) is 2.86. The minimum Gasteiger partial charge on any atom is -0.343 e. The topological polar surface area (TPSA) is 47.1 Å². The number of alkyl halides is 6. The van der Waals surface area contributed by atoms with E-state index in [1.165, 1.54) is 24.1 Å². The zero-order chi connectivity index (χ0) is 30.3. The van der Waals surface area contributed by atoms with Crippen molar-refractivity contribution in [2.24, 2.45) is 0 Å². The molecule has 2 heterocycles. The summed E-state index contributed by atoms with van der Waals surface area (Å²) in [7, 11) is 3.04. The van der Waals surface area contributed by atoms with Crippen LogP contribution in [-0.4, -0.2) is 77.9 Å². The fourth-order valence-electron chi connectivity index (χ4n) is 5.57. The number of likely N-dealkylation sites (tertiary alicyclic amines) is 1. The lowest BCUT2D eigenvalue weighted by molar-refractivity contribution is -0.143. The number of nitrogens with zero attached hydrogens (tertiary/aromatic N) is 4. The van der Waals surface area contributed by atoms with E-state index < -0.39 is 47.9 Å². The molecule has 0 unspecified atom stereocenters. The van der Waals surface area contributed by atoms with Gasteiger partial charge in [0.1, 0.15) is 5.82 Å². The van der Waals surface area contributed by atoms with Gasteiger partial charge >= 0.3 is 18.4 Å². The summed E-state index contributed by atoms with van der Waals surface area (Å²) < 4.78 is 94.0. The number of hydrogen-bond acceptors (Lipinski definition) is 3. The van der Waals surface area contributed by atoms with E-state index in [1.54, 1.807) is 24.9 Å². The van der Waals surface area contributed by atoms with Crippen molar-refractivity contribution >= 4 is 11.9 Å². The predicted molar refractivity (Wildman–Crippen MR) is 136 cm³/mol. The van der Waals surface area contributed by atoms with Crippen LogP contribution in [0.3, 0.4) is 0 Å². The van der Waals surface area contributed by atoms with Crippen molar-refractivity contribution in [1.82, 2.24) is 19.6 Å². The highest BCUT2D eigenvalue weighted by molar-refractivity contribution is 5.78. The number of benzene rings is 2. The standard InChI is InChI=1S/C28H31F7N4O2/c1-17-10-21(29)4-5-23(17)24-14-22(38-9-8-36(2)25(40)16-38)6-7-39(24)26(41)37(3)15-18-11-19(27(30,31)32)13-20(12-18)28(33,34)35/h4-5,10-13,22,24H,6-9,14-16H2,1-3H3/t22-,24+/m0/s1. The quantitative estimate of drug-likeness (QED) is 0.431. The number of carbonyl (C=O) groups is 2. The first-order valence-corrected chi connectivity index (χ1v) is 13.1. The van der Waals surface area contributed by atoms with Crippen LogP contribution in [0.25, 0.3) is 0 Å². The van der Waals surface area contributed by atoms with Crippen LogP contribution >= 0.6 is 0 Å². The second kappa shape index (κ2) is 11.5. The summed E-state index contributed by atoms with van der Waals surface area (Å²) in [4.78, 5) is 32.3. The van der Waals surface area contributed by atoms with Crippen molar-refractivity contribution in [1.29, 1.82) is 0 Å². The van der Waals surface area contributed by atoms with Gasteiger partial charge in [-0.05, 0) is 66.8 Å². The van der Waals surface area contributed by atoms with Crippen LogP contribution in [0.4, 0.5) is 35.5 Å². The Labute approximate surface area is 233 Å². The molecule has 0 N–H and O–H groups in total. The minimum absolute atomic E-state index is 0.0247. The van der Waals surface area contributed by atoms with Gasteiger partial charge < -0.3 is 14.7 Å². The lowest BCUT2D eigenvalue weighted by Gasteiger charge is -2.46. The number of urea groups is 1. The van der Waals surface area contributed by atoms with Crippen LogP contribution in [0.1, 0.15) is 46.7 Å². The normalized spacial score (nSPS) is 20.9. The van der Waals surface area contributed by atoms with E-state index in [4.69, 9.17) is 0 Å². The predicted octanol–water partition coefficient (Wildman–Crippen LogP) is 5.70. The Hall–Kier alpha value is -3.35. The van der Waals surface area contributed by atoms with E-state index in [2.05, 4.69) is 4.90 Å². The van der Waals surface area contributed by atoms with E-state index in [0.29, 0.717) is 49.2 Å². The number of likely N-dealkylation sites (N-methyl/N-ethyl adjacent to an activating group) is 1. The molecular weight excluding hydrogens is 557 g/mol. The number of aryl methyl sites for hydroxylation is 1. The SMILES string of the molecule is Cc1cc(F)ccc1[C@H]1C[C@@H](N2CCN(C)C(=O)C2)CCN1C(=O)N(C)Cc1cc(C(F)(F)F)cc(C(F)(F)F)c1. The van der Waals surface area contributed by atoms with Crippen molar-refractivity contribution in [3.8, 4) is 0 Å². The van der Waals surface area contributed by atoms with Gasteiger partial charge in [0.25, 0.3) is 0 Å². The number of piperidine rings is 1. The second-order valence-corrected chi connectivity index (χ2v) is 10.7. The van der Waals surface area contributed by atoms with Gasteiger partial charge in [-0.15, -0.1) is 0 Å². The van der Waals surface area contributed by atoms with Crippen LogP contribution in [0.5, 0.6) is 0 Å². The first-order valence-electron chi connectivity index (χ1n) is 13.1. The summed E-state index contributed by atoms with van der Waals surface area (Å²) in [5.74, 6) is -0.480. The Morgan fingerprint density at radius 2 is 1.61 bits per heavy atom. The largest absolute Gasteiger partial charge is 0.416 e. The number of halogens is 7. The third kappa shape index (κ3) is 6.94. The average molecular weight is 589 g/mol. The maximum Gasteiger partial charge on any atom is 0.416 e. The Balaban J connectivity index is 1.60. The highest BCUT2D eigenvalue weighted by atomic mass is 19.4. The molecule has 2 aliphatic heterocycles. The van der Waals surface area contributed by atoms with Crippen LogP contribution in [-0.2, 0) is 23.7 Å². The third-order valence-corrected chi connectivity index (χ3v) is 7.81. The van der Waals surface area contributed by atoms with Crippen LogP contribution in [0.15, 0.2) is 36.4 Å². The zero-order valence-electron chi connectivity index (χ0n) is 22.8. The van der Waals surface area contributed by atoms with E-state index in [-0.39, 0.29) is 36.7 Å². The molecular formula is C28H31F7N4O2. The van der Waals surface area contributed by atoms with Gasteiger partial charge in [0.05, 0.1) is 23.7 Å². The van der Waals surface area contributed by atoms with Gasteiger partial charge in [-0.25, -0.2) is 9.18 Å². The van der Waals surface area contributed by atoms with Gasteiger partial charge in [-0.1, -0.05) is 6.07 Å². The van der Waals surface area contributed by atoms with Gasteiger partial charge in [0.15, 0.2) is 0 Å². The van der Waals surface area contributed by atoms with Gasteiger partial charge in [-0.3, -0.25) is 9.69 Å². The number of piperazine rings is 1. The summed E-state index contributed by atoms with van der Waals surface area (Å²) >= 11 is 0. The Morgan fingerprint density at radius 3 is 2.17 bits per heavy atom. The molecule has 2 atom stereocenters. The molecule has 0 saturated carbocycles. The van der Waals surface area contributed by atoms with E-state index in [1.807, 2.05) is 0 Å². The number of carbonyl (C=O) groups excluding carboxylic acids is 2. The first kappa shape index (κ1) is 30.6. The van der Waals surface area contributed by atoms with Crippen molar-refractivity contribution in [3.63, 3.8) is 0 Å². The molecule has 2 saturated heterocycles. The van der Waals surface area contributed by atoms with E-state index in [9.17, 15) is 40.3 Å². The molecule has 6 nitrogen and oxygen atoms in total. The molecule has 13 heteroatoms. The minimum atomic E-state index is -5.00. The molecule has 0 bridgehead atoms. The molecule has 2 aliphatic rings. The molecule has 2 aromatic rings. The van der Waals surface area contributed by atoms with Gasteiger partial charge in [-0.2, -0.15) is 26.3 Å². The summed E-state index contributed by atoms with van der Waals surface area (Å²) in [5, 5.41) is 0. The maximum atomic E-state index is 13.9. The molecule has 41 heavy (non-hydrogen) atoms. The number of hydrogen-bond donors (Lipinski definition) is 0. The third-order valence-electron chi connectivity index (χ3n) is 7.81. The van der Waals surface area contributed by atoms with Crippen LogP contribution in [0, 0.1) is 12.7 Å². The van der Waals surface area contributed by atoms with Crippen molar-refractivity contribution in [2.75, 3.05) is 40.3 Å². The van der Waals surface area contributed by atoms with Crippen molar-refractivity contribution in [3.05, 3.63) is 70.0 Å². The van der Waals surface area contributed by atoms with Crippen LogP contribution in [0.2, 0.25) is 0 Å². The van der Waals surface area contributed by atoms with E-state index >= 15 is 0 Å². The molecule has 2 fully saturated rings. The first-order chi connectivity index (χ1) is 19.0. The average Bonchev–Trinajstić information content (AvgIpc) is 2.88. The Morgan fingerprint density at radius 1 is 0.976 bits per heavy atom. The van der Waals surface area contributed by atoms with Gasteiger partial charge in [0, 0.05) is 46.3 Å². The van der Waals surface area contributed by atoms with Gasteiger partial charge in [0.2, 0.25) is 5.91 Å². The molecule has 0 aliphatic carbocycles. The maximum absolute atomic E-state index is 13.9. The summed E-state index contributed by atoms with van der Waals surface area (Å²) in [6, 6.07) is 4.26. The number of amides is 3.